The first-order valence-corrected chi connectivity index (χ1v) is 12.7. The van der Waals surface area contributed by atoms with Crippen molar-refractivity contribution in [3.63, 3.8) is 0 Å². The minimum atomic E-state index is -0.512. The maximum absolute atomic E-state index is 6.29. The van der Waals surface area contributed by atoms with Gasteiger partial charge in [-0.2, -0.15) is 0 Å². The summed E-state index contributed by atoms with van der Waals surface area (Å²) in [6.07, 6.45) is 5.33. The number of hydrogen-bond donors (Lipinski definition) is 0. The van der Waals surface area contributed by atoms with Crippen LogP contribution in [-0.2, 0) is 5.41 Å². The molecule has 0 aromatic heterocycles. The van der Waals surface area contributed by atoms with E-state index < -0.39 is 5.41 Å². The van der Waals surface area contributed by atoms with Gasteiger partial charge in [-0.05, 0) is 80.5 Å². The van der Waals surface area contributed by atoms with E-state index >= 15 is 0 Å². The first-order chi connectivity index (χ1) is 17.7. The molecule has 0 heterocycles. The van der Waals surface area contributed by atoms with Gasteiger partial charge in [0.2, 0.25) is 0 Å². The highest BCUT2D eigenvalue weighted by Crippen LogP contribution is 2.47. The summed E-state index contributed by atoms with van der Waals surface area (Å²) >= 11 is 0. The van der Waals surface area contributed by atoms with Crippen LogP contribution in [0.15, 0.2) is 80.4 Å². The summed E-state index contributed by atoms with van der Waals surface area (Å²) in [5.74, 6) is 2.69. The molecular formula is C34H40O3. The maximum Gasteiger partial charge on any atom is 0.127 e. The Balaban J connectivity index is 2.35. The topological polar surface area (TPSA) is 27.7 Å². The van der Waals surface area contributed by atoms with Gasteiger partial charge in [-0.25, -0.2) is 0 Å². The zero-order valence-corrected chi connectivity index (χ0v) is 23.2. The summed E-state index contributed by atoms with van der Waals surface area (Å²) in [7, 11) is 0. The van der Waals surface area contributed by atoms with Gasteiger partial charge in [-0.3, -0.25) is 0 Å². The van der Waals surface area contributed by atoms with E-state index in [1.165, 1.54) is 11.1 Å². The van der Waals surface area contributed by atoms with Gasteiger partial charge < -0.3 is 14.2 Å². The normalized spacial score (nSPS) is 11.1. The van der Waals surface area contributed by atoms with Crippen LogP contribution in [0, 0.1) is 34.6 Å². The monoisotopic (exact) mass is 496 g/mol. The summed E-state index contributed by atoms with van der Waals surface area (Å²) in [4.78, 5) is 0. The van der Waals surface area contributed by atoms with Gasteiger partial charge in [0.25, 0.3) is 0 Å². The molecule has 0 aliphatic rings. The lowest BCUT2D eigenvalue weighted by molar-refractivity contribution is 0.351. The highest BCUT2D eigenvalue weighted by molar-refractivity contribution is 5.61. The highest BCUT2D eigenvalue weighted by Gasteiger charge is 2.36. The van der Waals surface area contributed by atoms with Crippen molar-refractivity contribution in [2.24, 2.45) is 0 Å². The second kappa shape index (κ2) is 12.0. The third-order valence-corrected chi connectivity index (χ3v) is 6.86. The smallest absolute Gasteiger partial charge is 0.127 e. The Labute approximate surface area is 223 Å². The molecule has 0 saturated heterocycles. The van der Waals surface area contributed by atoms with Crippen LogP contribution < -0.4 is 14.2 Å². The van der Waals surface area contributed by atoms with Crippen molar-refractivity contribution in [3.05, 3.63) is 125 Å². The quantitative estimate of drug-likeness (QED) is 0.186. The van der Waals surface area contributed by atoms with Crippen LogP contribution in [0.2, 0.25) is 0 Å². The van der Waals surface area contributed by atoms with Gasteiger partial charge in [0.1, 0.15) is 37.1 Å². The Morgan fingerprint density at radius 2 is 0.973 bits per heavy atom. The number of rotatable bonds is 12. The Morgan fingerprint density at radius 1 is 0.595 bits per heavy atom. The lowest BCUT2D eigenvalue weighted by Crippen LogP contribution is -2.27. The van der Waals surface area contributed by atoms with Gasteiger partial charge in [0.05, 0.1) is 0 Å². The third kappa shape index (κ3) is 5.67. The van der Waals surface area contributed by atoms with Crippen LogP contribution in [0.3, 0.4) is 0 Å². The summed E-state index contributed by atoms with van der Waals surface area (Å²) in [5, 5.41) is 0. The second-order valence-corrected chi connectivity index (χ2v) is 9.75. The molecule has 0 atom stereocenters. The van der Waals surface area contributed by atoms with Crippen LogP contribution in [0.25, 0.3) is 0 Å². The standard InChI is InChI=1S/C34H40O3/c1-10-16-35-31-24(5)19-28(20-25(31)6)34(9,30-15-13-14-23(4)33(30)37-18-12-3)29-21-26(7)32(27(8)22-29)36-17-11-2/h10-15,19-22H,1-3,16-18H2,4-9H3. The Morgan fingerprint density at radius 3 is 1.35 bits per heavy atom. The van der Waals surface area contributed by atoms with Crippen LogP contribution in [-0.4, -0.2) is 19.8 Å². The fraction of sp³-hybridized carbons (Fsp3) is 0.294. The summed E-state index contributed by atoms with van der Waals surface area (Å²) in [6, 6.07) is 15.3. The van der Waals surface area contributed by atoms with E-state index in [9.17, 15) is 0 Å². The number of aryl methyl sites for hydroxylation is 5. The lowest BCUT2D eigenvalue weighted by atomic mass is 9.69. The van der Waals surface area contributed by atoms with E-state index in [4.69, 9.17) is 14.2 Å². The molecule has 3 rings (SSSR count). The Kier molecular flexibility index (Phi) is 9.04. The molecule has 37 heavy (non-hydrogen) atoms. The molecule has 3 aromatic carbocycles. The number of para-hydroxylation sites is 1. The minimum Gasteiger partial charge on any atom is -0.489 e. The maximum atomic E-state index is 6.29. The van der Waals surface area contributed by atoms with Crippen molar-refractivity contribution in [2.75, 3.05) is 19.8 Å². The highest BCUT2D eigenvalue weighted by atomic mass is 16.5. The fourth-order valence-corrected chi connectivity index (χ4v) is 5.08. The van der Waals surface area contributed by atoms with Crippen LogP contribution >= 0.6 is 0 Å². The molecule has 194 valence electrons. The van der Waals surface area contributed by atoms with E-state index in [-0.39, 0.29) is 0 Å². The second-order valence-electron chi connectivity index (χ2n) is 9.75. The SMILES string of the molecule is C=CCOc1c(C)cc(C(C)(c2cc(C)c(OCC=C)c(C)c2)c2cccc(C)c2OCC=C)cc1C. The predicted octanol–water partition coefficient (Wildman–Crippen LogP) is 8.28. The van der Waals surface area contributed by atoms with E-state index in [0.717, 1.165) is 50.6 Å². The van der Waals surface area contributed by atoms with Gasteiger partial charge in [0.15, 0.2) is 0 Å². The molecule has 0 N–H and O–H groups in total. The molecule has 0 fully saturated rings. The molecule has 3 aromatic rings. The molecule has 3 nitrogen and oxygen atoms in total. The van der Waals surface area contributed by atoms with Gasteiger partial charge in [0, 0.05) is 11.0 Å². The van der Waals surface area contributed by atoms with Crippen molar-refractivity contribution >= 4 is 0 Å². The summed E-state index contributed by atoms with van der Waals surface area (Å²) < 4.78 is 18.3. The molecular weight excluding hydrogens is 456 g/mol. The number of hydrogen-bond acceptors (Lipinski definition) is 3. The molecule has 0 amide bonds. The Hall–Kier alpha value is -3.72. The first kappa shape index (κ1) is 27.9. The van der Waals surface area contributed by atoms with Crippen molar-refractivity contribution in [3.8, 4) is 17.2 Å². The van der Waals surface area contributed by atoms with Crippen LogP contribution in [0.1, 0.15) is 51.4 Å². The van der Waals surface area contributed by atoms with Crippen LogP contribution in [0.4, 0.5) is 0 Å². The number of benzene rings is 3. The zero-order chi connectivity index (χ0) is 27.2. The number of ether oxygens (including phenoxy) is 3. The summed E-state index contributed by atoms with van der Waals surface area (Å²) in [6.45, 7) is 25.6. The van der Waals surface area contributed by atoms with E-state index in [1.54, 1.807) is 18.2 Å². The average Bonchev–Trinajstić information content (AvgIpc) is 2.86. The van der Waals surface area contributed by atoms with Gasteiger partial charge in [-0.1, -0.05) is 80.4 Å². The Bertz CT molecular complexity index is 1180. The molecule has 0 unspecified atom stereocenters. The van der Waals surface area contributed by atoms with Crippen molar-refractivity contribution in [1.82, 2.24) is 0 Å². The van der Waals surface area contributed by atoms with Crippen molar-refractivity contribution in [2.45, 2.75) is 47.0 Å². The van der Waals surface area contributed by atoms with E-state index in [0.29, 0.717) is 19.8 Å². The molecule has 3 heteroatoms. The third-order valence-electron chi connectivity index (χ3n) is 6.86. The molecule has 0 aliphatic heterocycles. The molecule has 0 saturated carbocycles. The molecule has 0 spiro atoms. The van der Waals surface area contributed by atoms with Gasteiger partial charge >= 0.3 is 0 Å². The predicted molar refractivity (Wildman–Crippen MR) is 156 cm³/mol. The van der Waals surface area contributed by atoms with Crippen molar-refractivity contribution in [1.29, 1.82) is 0 Å². The minimum absolute atomic E-state index is 0.437. The molecule has 0 radical (unpaired) electrons. The molecule has 0 bridgehead atoms. The average molecular weight is 497 g/mol. The zero-order valence-electron chi connectivity index (χ0n) is 23.2. The molecule has 0 aliphatic carbocycles. The van der Waals surface area contributed by atoms with E-state index in [1.807, 2.05) is 0 Å². The largest absolute Gasteiger partial charge is 0.489 e. The van der Waals surface area contributed by atoms with Gasteiger partial charge in [-0.15, -0.1) is 0 Å². The van der Waals surface area contributed by atoms with Crippen LogP contribution in [0.5, 0.6) is 17.2 Å². The first-order valence-electron chi connectivity index (χ1n) is 12.7. The van der Waals surface area contributed by atoms with Crippen molar-refractivity contribution < 1.29 is 14.2 Å². The summed E-state index contributed by atoms with van der Waals surface area (Å²) in [5.41, 5.74) is 8.36. The lowest BCUT2D eigenvalue weighted by Gasteiger charge is -2.35. The fourth-order valence-electron chi connectivity index (χ4n) is 5.08. The van der Waals surface area contributed by atoms with E-state index in [2.05, 4.69) is 104 Å².